The van der Waals surface area contributed by atoms with Crippen molar-refractivity contribution in [3.63, 3.8) is 0 Å². The van der Waals surface area contributed by atoms with Gasteiger partial charge in [-0.3, -0.25) is 9.59 Å². The third-order valence-corrected chi connectivity index (χ3v) is 6.26. The zero-order chi connectivity index (χ0) is 20.2. The quantitative estimate of drug-likeness (QED) is 0.360. The average molecular weight is 421 g/mol. The number of aromatic nitrogens is 2. The molecular weight excluding hydrogens is 404 g/mol. The monoisotopic (exact) mass is 420 g/mol. The Morgan fingerprint density at radius 2 is 1.79 bits per heavy atom. The smallest absolute Gasteiger partial charge is 0.251 e. The lowest BCUT2D eigenvalue weighted by Gasteiger charge is -2.06. The van der Waals surface area contributed by atoms with E-state index in [9.17, 15) is 9.59 Å². The largest absolute Gasteiger partial charge is 0.366 e. The number of para-hydroxylation sites is 1. The summed E-state index contributed by atoms with van der Waals surface area (Å²) in [6, 6.07) is 19.0. The summed E-state index contributed by atoms with van der Waals surface area (Å²) in [5.41, 5.74) is 7.60. The molecule has 2 amide bonds. The highest BCUT2D eigenvalue weighted by Gasteiger charge is 2.17. The number of hydrogen-bond donors (Lipinski definition) is 2. The van der Waals surface area contributed by atoms with Gasteiger partial charge in [0.05, 0.1) is 16.8 Å². The Morgan fingerprint density at radius 1 is 1.03 bits per heavy atom. The van der Waals surface area contributed by atoms with Gasteiger partial charge in [-0.05, 0) is 17.7 Å². The Hall–Kier alpha value is -3.23. The number of thioether (sulfide) groups is 1. The number of primary amides is 1. The summed E-state index contributed by atoms with van der Waals surface area (Å²) in [4.78, 5) is 33.7. The first kappa shape index (κ1) is 19.1. The fourth-order valence-electron chi connectivity index (χ4n) is 2.80. The number of anilines is 1. The van der Waals surface area contributed by atoms with Gasteiger partial charge in [0, 0.05) is 10.3 Å². The van der Waals surface area contributed by atoms with Crippen LogP contribution in [0.3, 0.4) is 0 Å². The lowest BCUT2D eigenvalue weighted by atomic mass is 10.1. The summed E-state index contributed by atoms with van der Waals surface area (Å²) in [5, 5.41) is 4.90. The molecule has 0 aliphatic heterocycles. The maximum atomic E-state index is 12.5. The Morgan fingerprint density at radius 3 is 2.59 bits per heavy atom. The van der Waals surface area contributed by atoms with Crippen LogP contribution in [0.2, 0.25) is 0 Å². The van der Waals surface area contributed by atoms with E-state index in [0.717, 1.165) is 26.4 Å². The van der Waals surface area contributed by atoms with Crippen molar-refractivity contribution in [3.8, 4) is 10.4 Å². The van der Waals surface area contributed by atoms with E-state index in [-0.39, 0.29) is 11.7 Å². The first-order chi connectivity index (χ1) is 14.1. The van der Waals surface area contributed by atoms with E-state index in [0.29, 0.717) is 10.6 Å². The second-order valence-electron chi connectivity index (χ2n) is 6.12. The number of thiophene rings is 1. The zero-order valence-electron chi connectivity index (χ0n) is 15.2. The Labute approximate surface area is 175 Å². The predicted octanol–water partition coefficient (Wildman–Crippen LogP) is 4.19. The number of carbonyl (C=O) groups excluding carboxylic acids is 2. The van der Waals surface area contributed by atoms with Gasteiger partial charge in [-0.1, -0.05) is 60.3 Å². The number of nitrogens with zero attached hydrogens (tertiary/aromatic N) is 2. The summed E-state index contributed by atoms with van der Waals surface area (Å²) in [6.07, 6.45) is 1.49. The van der Waals surface area contributed by atoms with Gasteiger partial charge in [-0.25, -0.2) is 9.97 Å². The molecule has 0 aliphatic rings. The molecule has 6 nitrogen and oxygen atoms in total. The van der Waals surface area contributed by atoms with E-state index < -0.39 is 5.91 Å². The number of nitrogens with two attached hydrogens (primary N) is 1. The van der Waals surface area contributed by atoms with Crippen LogP contribution in [-0.2, 0) is 4.79 Å². The Bertz CT molecular complexity index is 1190. The maximum absolute atomic E-state index is 12.5. The molecule has 0 spiro atoms. The molecule has 144 valence electrons. The van der Waals surface area contributed by atoms with E-state index in [1.807, 2.05) is 54.6 Å². The van der Waals surface area contributed by atoms with Crippen LogP contribution < -0.4 is 11.1 Å². The molecule has 4 rings (SSSR count). The fraction of sp³-hybridized carbons (Fsp3) is 0.0476. The number of hydrogen-bond acceptors (Lipinski definition) is 6. The minimum atomic E-state index is -0.576. The van der Waals surface area contributed by atoms with Crippen molar-refractivity contribution in [2.75, 3.05) is 11.1 Å². The molecule has 0 atom stereocenters. The Balaban J connectivity index is 1.51. The van der Waals surface area contributed by atoms with Gasteiger partial charge < -0.3 is 11.1 Å². The number of rotatable bonds is 6. The standard InChI is InChI=1S/C21H16N4O2S2/c22-19(27)15-10-17(13-6-2-1-3-7-13)29-21(15)25-18(26)11-28-20-14-8-4-5-9-16(14)23-12-24-20/h1-10,12H,11H2,(H2,22,27)(H,25,26). The minimum Gasteiger partial charge on any atom is -0.366 e. The molecule has 2 aromatic carbocycles. The molecular formula is C21H16N4O2S2. The second-order valence-corrected chi connectivity index (χ2v) is 8.13. The molecule has 29 heavy (non-hydrogen) atoms. The molecule has 0 saturated heterocycles. The number of fused-ring (bicyclic) bond motifs is 1. The molecule has 0 saturated carbocycles. The van der Waals surface area contributed by atoms with E-state index in [1.165, 1.54) is 29.4 Å². The molecule has 0 aliphatic carbocycles. The van der Waals surface area contributed by atoms with Crippen LogP contribution >= 0.6 is 23.1 Å². The van der Waals surface area contributed by atoms with Gasteiger partial charge in [-0.2, -0.15) is 0 Å². The number of nitrogens with one attached hydrogen (secondary N) is 1. The van der Waals surface area contributed by atoms with Crippen molar-refractivity contribution in [1.29, 1.82) is 0 Å². The fourth-order valence-corrected chi connectivity index (χ4v) is 4.68. The van der Waals surface area contributed by atoms with Crippen molar-refractivity contribution in [3.05, 3.63) is 72.6 Å². The van der Waals surface area contributed by atoms with Crippen molar-refractivity contribution in [2.45, 2.75) is 5.03 Å². The molecule has 2 heterocycles. The third-order valence-electron chi connectivity index (χ3n) is 4.16. The molecule has 0 bridgehead atoms. The van der Waals surface area contributed by atoms with Crippen LogP contribution in [0.1, 0.15) is 10.4 Å². The summed E-state index contributed by atoms with van der Waals surface area (Å²) >= 11 is 2.65. The van der Waals surface area contributed by atoms with Crippen LogP contribution in [0, 0.1) is 0 Å². The minimum absolute atomic E-state index is 0.151. The van der Waals surface area contributed by atoms with E-state index >= 15 is 0 Å². The average Bonchev–Trinajstić information content (AvgIpc) is 3.17. The van der Waals surface area contributed by atoms with E-state index in [2.05, 4.69) is 15.3 Å². The first-order valence-electron chi connectivity index (χ1n) is 8.73. The van der Waals surface area contributed by atoms with Gasteiger partial charge in [0.15, 0.2) is 0 Å². The lowest BCUT2D eigenvalue weighted by molar-refractivity contribution is -0.113. The van der Waals surface area contributed by atoms with Crippen LogP contribution in [0.25, 0.3) is 21.3 Å². The summed E-state index contributed by atoms with van der Waals surface area (Å²) in [7, 11) is 0. The molecule has 8 heteroatoms. The highest BCUT2D eigenvalue weighted by Crippen LogP contribution is 2.35. The van der Waals surface area contributed by atoms with Crippen LogP contribution in [0.15, 0.2) is 72.0 Å². The van der Waals surface area contributed by atoms with Gasteiger partial charge in [0.2, 0.25) is 5.91 Å². The lowest BCUT2D eigenvalue weighted by Crippen LogP contribution is -2.17. The van der Waals surface area contributed by atoms with Gasteiger partial charge in [0.25, 0.3) is 5.91 Å². The van der Waals surface area contributed by atoms with E-state index in [4.69, 9.17) is 5.73 Å². The highest BCUT2D eigenvalue weighted by atomic mass is 32.2. The maximum Gasteiger partial charge on any atom is 0.251 e. The van der Waals surface area contributed by atoms with Crippen molar-refractivity contribution < 1.29 is 9.59 Å². The van der Waals surface area contributed by atoms with Crippen LogP contribution in [0.5, 0.6) is 0 Å². The third kappa shape index (κ3) is 4.28. The van der Waals surface area contributed by atoms with E-state index in [1.54, 1.807) is 6.07 Å². The number of carbonyl (C=O) groups is 2. The zero-order valence-corrected chi connectivity index (χ0v) is 16.8. The SMILES string of the molecule is NC(=O)c1cc(-c2ccccc2)sc1NC(=O)CSc1ncnc2ccccc12. The number of amides is 2. The molecule has 3 N–H and O–H groups in total. The van der Waals surface area contributed by atoms with Crippen LogP contribution in [-0.4, -0.2) is 27.5 Å². The predicted molar refractivity (Wildman–Crippen MR) is 117 cm³/mol. The highest BCUT2D eigenvalue weighted by molar-refractivity contribution is 8.00. The topological polar surface area (TPSA) is 98.0 Å². The molecule has 4 aromatic rings. The number of benzene rings is 2. The van der Waals surface area contributed by atoms with Crippen molar-refractivity contribution in [1.82, 2.24) is 9.97 Å². The summed E-state index contributed by atoms with van der Waals surface area (Å²) < 4.78 is 0. The molecule has 2 aromatic heterocycles. The molecule has 0 fully saturated rings. The van der Waals surface area contributed by atoms with Gasteiger partial charge in [0.1, 0.15) is 16.4 Å². The molecule has 0 radical (unpaired) electrons. The van der Waals surface area contributed by atoms with Gasteiger partial charge in [-0.15, -0.1) is 11.3 Å². The Kier molecular flexibility index (Phi) is 5.55. The first-order valence-corrected chi connectivity index (χ1v) is 10.5. The second kappa shape index (κ2) is 8.42. The summed E-state index contributed by atoms with van der Waals surface area (Å²) in [5.74, 6) is -0.660. The molecule has 0 unspecified atom stereocenters. The summed E-state index contributed by atoms with van der Waals surface area (Å²) in [6.45, 7) is 0. The van der Waals surface area contributed by atoms with Crippen molar-refractivity contribution in [2.24, 2.45) is 5.73 Å². The van der Waals surface area contributed by atoms with Gasteiger partial charge >= 0.3 is 0 Å². The normalized spacial score (nSPS) is 10.8. The van der Waals surface area contributed by atoms with Crippen LogP contribution in [0.4, 0.5) is 5.00 Å². The van der Waals surface area contributed by atoms with Crippen molar-refractivity contribution >= 4 is 50.8 Å².